The minimum Gasteiger partial charge on any atom is -0.507 e. The van der Waals surface area contributed by atoms with Crippen LogP contribution in [0.2, 0.25) is 0 Å². The molecule has 4 heterocycles. The molecule has 1 unspecified atom stereocenters. The highest BCUT2D eigenvalue weighted by Gasteiger charge is 2.62. The Morgan fingerprint density at radius 3 is 2.81 bits per heavy atom. The number of halogens is 2. The van der Waals surface area contributed by atoms with Gasteiger partial charge in [0.05, 0.1) is 17.8 Å². The van der Waals surface area contributed by atoms with E-state index in [1.165, 1.54) is 20.2 Å². The Morgan fingerprint density at radius 1 is 1.23 bits per heavy atom. The fourth-order valence-electron chi connectivity index (χ4n) is 4.61. The molecule has 0 radical (unpaired) electrons. The Labute approximate surface area is 177 Å². The van der Waals surface area contributed by atoms with Crippen molar-refractivity contribution in [3.63, 3.8) is 0 Å². The average molecular weight is 425 g/mol. The second kappa shape index (κ2) is 7.00. The van der Waals surface area contributed by atoms with E-state index in [1.807, 2.05) is 6.07 Å². The molecule has 2 bridgehead atoms. The van der Waals surface area contributed by atoms with Crippen molar-refractivity contribution in [3.8, 4) is 17.0 Å². The van der Waals surface area contributed by atoms with E-state index in [2.05, 4.69) is 25.5 Å². The molecule has 160 valence electrons. The van der Waals surface area contributed by atoms with Gasteiger partial charge in [-0.2, -0.15) is 0 Å². The third kappa shape index (κ3) is 3.24. The number of nitrogens with one attached hydrogen (secondary N) is 1. The van der Waals surface area contributed by atoms with Gasteiger partial charge in [0.1, 0.15) is 11.4 Å². The topological polar surface area (TPSA) is 93.1 Å². The number of methoxy groups -OCH3 is 1. The number of hydrogen-bond acceptors (Lipinski definition) is 7. The van der Waals surface area contributed by atoms with Gasteiger partial charge in [-0.15, -0.1) is 10.2 Å². The van der Waals surface area contributed by atoms with Gasteiger partial charge in [0.2, 0.25) is 0 Å². The van der Waals surface area contributed by atoms with E-state index < -0.39 is 23.6 Å². The third-order valence-electron chi connectivity index (χ3n) is 6.25. The molecule has 2 aliphatic rings. The SMILES string of the molecule is CO[C@@H]1/C(=C\c2ncc(-c3cc4ccncc4cc3O)nn2)C[C@@]2(C)NC1CC2(F)F. The van der Waals surface area contributed by atoms with Crippen LogP contribution in [0, 0.1) is 0 Å². The summed E-state index contributed by atoms with van der Waals surface area (Å²) < 4.78 is 34.5. The maximum absolute atomic E-state index is 14.5. The van der Waals surface area contributed by atoms with Crippen molar-refractivity contribution in [1.82, 2.24) is 25.5 Å². The number of pyridine rings is 1. The monoisotopic (exact) mass is 425 g/mol. The molecule has 2 N–H and O–H groups in total. The molecule has 0 aliphatic carbocycles. The molecule has 3 aromatic rings. The molecular formula is C22H21F2N5O2. The Balaban J connectivity index is 1.47. The molecule has 2 aliphatic heterocycles. The lowest BCUT2D eigenvalue weighted by Gasteiger charge is -2.38. The van der Waals surface area contributed by atoms with Crippen LogP contribution in [0.25, 0.3) is 28.1 Å². The minimum atomic E-state index is -2.82. The first-order valence-corrected chi connectivity index (χ1v) is 9.95. The second-order valence-electron chi connectivity index (χ2n) is 8.34. The fourth-order valence-corrected chi connectivity index (χ4v) is 4.61. The molecule has 2 fully saturated rings. The summed E-state index contributed by atoms with van der Waals surface area (Å²) in [5.41, 5.74) is 0.296. The van der Waals surface area contributed by atoms with Gasteiger partial charge in [-0.25, -0.2) is 13.8 Å². The third-order valence-corrected chi connectivity index (χ3v) is 6.25. The van der Waals surface area contributed by atoms with E-state index in [9.17, 15) is 13.9 Å². The standard InChI is InChI=1S/C22H21F2N5O2/c1-21-8-13(20(31-2)16(27-21)9-22(21,23)24)7-19-26-11-17(28-29-19)15-5-12-3-4-25-10-14(12)6-18(15)30/h3-7,10-11,16,20,27,30H,8-9H2,1-2H3/b13-7-/t16?,20-,21-/m1/s1. The molecule has 9 heteroatoms. The number of hydrogen-bond donors (Lipinski definition) is 2. The molecule has 2 saturated heterocycles. The molecule has 7 nitrogen and oxygen atoms in total. The summed E-state index contributed by atoms with van der Waals surface area (Å²) in [6.45, 7) is 1.53. The minimum absolute atomic E-state index is 0.0484. The molecule has 1 aromatic carbocycles. The van der Waals surface area contributed by atoms with Crippen molar-refractivity contribution in [2.45, 2.75) is 43.4 Å². The van der Waals surface area contributed by atoms with Crippen molar-refractivity contribution in [1.29, 1.82) is 0 Å². The van der Waals surface area contributed by atoms with E-state index in [0.29, 0.717) is 22.7 Å². The number of phenols is 1. The zero-order chi connectivity index (χ0) is 21.8. The van der Waals surface area contributed by atoms with Crippen LogP contribution in [-0.2, 0) is 4.74 Å². The zero-order valence-electron chi connectivity index (χ0n) is 17.0. The lowest BCUT2D eigenvalue weighted by molar-refractivity contribution is -0.0523. The largest absolute Gasteiger partial charge is 0.507 e. The highest BCUT2D eigenvalue weighted by atomic mass is 19.3. The van der Waals surface area contributed by atoms with Crippen molar-refractivity contribution in [2.75, 3.05) is 7.11 Å². The van der Waals surface area contributed by atoms with Gasteiger partial charge >= 0.3 is 0 Å². The van der Waals surface area contributed by atoms with Gasteiger partial charge in [0.25, 0.3) is 5.92 Å². The molecule has 2 aromatic heterocycles. The van der Waals surface area contributed by atoms with Gasteiger partial charge in [0, 0.05) is 42.9 Å². The maximum atomic E-state index is 14.5. The van der Waals surface area contributed by atoms with Crippen LogP contribution >= 0.6 is 0 Å². The Morgan fingerprint density at radius 2 is 2.06 bits per heavy atom. The number of aromatic hydroxyl groups is 1. The van der Waals surface area contributed by atoms with E-state index in [-0.39, 0.29) is 18.6 Å². The lowest BCUT2D eigenvalue weighted by Crippen LogP contribution is -2.56. The highest BCUT2D eigenvalue weighted by Crippen LogP contribution is 2.49. The van der Waals surface area contributed by atoms with Crippen molar-refractivity contribution >= 4 is 16.8 Å². The van der Waals surface area contributed by atoms with Crippen molar-refractivity contribution in [3.05, 3.63) is 48.2 Å². The van der Waals surface area contributed by atoms with Crippen molar-refractivity contribution < 1.29 is 18.6 Å². The first kappa shape index (κ1) is 19.9. The van der Waals surface area contributed by atoms with Crippen molar-refractivity contribution in [2.24, 2.45) is 0 Å². The quantitative estimate of drug-likeness (QED) is 0.665. The van der Waals surface area contributed by atoms with E-state index in [4.69, 9.17) is 4.74 Å². The molecular weight excluding hydrogens is 404 g/mol. The average Bonchev–Trinajstić information content (AvgIpc) is 2.92. The number of fused-ring (bicyclic) bond motifs is 3. The summed E-state index contributed by atoms with van der Waals surface area (Å²) in [6.07, 6.45) is 5.89. The van der Waals surface area contributed by atoms with E-state index in [0.717, 1.165) is 10.8 Å². The Hall–Kier alpha value is -3.04. The van der Waals surface area contributed by atoms with Crippen LogP contribution in [-0.4, -0.2) is 56.0 Å². The van der Waals surface area contributed by atoms with Gasteiger partial charge < -0.3 is 15.2 Å². The number of alkyl halides is 2. The molecule has 31 heavy (non-hydrogen) atoms. The number of phenolic OH excluding ortho intramolecular Hbond substituents is 1. The number of aromatic nitrogens is 4. The number of ether oxygens (including phenoxy) is 1. The number of piperidine rings is 1. The first-order valence-electron chi connectivity index (χ1n) is 9.95. The molecule has 0 spiro atoms. The number of rotatable bonds is 3. The van der Waals surface area contributed by atoms with Gasteiger partial charge in [-0.3, -0.25) is 4.98 Å². The Bertz CT molecular complexity index is 1180. The molecule has 0 saturated carbocycles. The summed E-state index contributed by atoms with van der Waals surface area (Å²) in [4.78, 5) is 8.38. The summed E-state index contributed by atoms with van der Waals surface area (Å²) >= 11 is 0. The number of benzene rings is 1. The predicted octanol–water partition coefficient (Wildman–Crippen LogP) is 3.35. The first-order chi connectivity index (χ1) is 14.8. The summed E-state index contributed by atoms with van der Waals surface area (Å²) in [5, 5.41) is 23.4. The van der Waals surface area contributed by atoms with Gasteiger partial charge in [0.15, 0.2) is 5.82 Å². The molecule has 5 rings (SSSR count). The second-order valence-corrected chi connectivity index (χ2v) is 8.34. The highest BCUT2D eigenvalue weighted by molar-refractivity contribution is 5.89. The van der Waals surface area contributed by atoms with Gasteiger partial charge in [-0.05, 0) is 48.6 Å². The summed E-state index contributed by atoms with van der Waals surface area (Å²) in [5.74, 6) is -2.47. The lowest BCUT2D eigenvalue weighted by atomic mass is 9.85. The maximum Gasteiger partial charge on any atom is 0.267 e. The molecule has 3 atom stereocenters. The normalized spacial score (nSPS) is 28.3. The smallest absolute Gasteiger partial charge is 0.267 e. The van der Waals surface area contributed by atoms with Gasteiger partial charge in [-0.1, -0.05) is 0 Å². The summed E-state index contributed by atoms with van der Waals surface area (Å²) in [6, 6.07) is 4.78. The van der Waals surface area contributed by atoms with Crippen LogP contribution in [0.15, 0.2) is 42.4 Å². The van der Waals surface area contributed by atoms with Crippen LogP contribution in [0.3, 0.4) is 0 Å². The number of nitrogens with zero attached hydrogens (tertiary/aromatic N) is 4. The van der Waals surface area contributed by atoms with Crippen LogP contribution in [0.5, 0.6) is 5.75 Å². The van der Waals surface area contributed by atoms with Crippen LogP contribution < -0.4 is 5.32 Å². The van der Waals surface area contributed by atoms with Crippen LogP contribution in [0.4, 0.5) is 8.78 Å². The van der Waals surface area contributed by atoms with Crippen LogP contribution in [0.1, 0.15) is 25.6 Å². The fraction of sp³-hybridized carbons (Fsp3) is 0.364. The zero-order valence-corrected chi connectivity index (χ0v) is 17.0. The van der Waals surface area contributed by atoms with E-state index in [1.54, 1.807) is 30.6 Å². The predicted molar refractivity (Wildman–Crippen MR) is 111 cm³/mol. The summed E-state index contributed by atoms with van der Waals surface area (Å²) in [7, 11) is 1.51. The van der Waals surface area contributed by atoms with E-state index >= 15 is 0 Å². The molecule has 0 amide bonds. The Kier molecular flexibility index (Phi) is 4.49.